The number of carbonyl (C=O) groups excluding carboxylic acids is 1. The van der Waals surface area contributed by atoms with Crippen molar-refractivity contribution >= 4 is 39.4 Å². The van der Waals surface area contributed by atoms with Crippen molar-refractivity contribution in [2.75, 3.05) is 29.5 Å². The highest BCUT2D eigenvalue weighted by Gasteiger charge is 2.31. The number of carbonyl (C=O) groups is 1. The first-order valence-corrected chi connectivity index (χ1v) is 13.4. The molecular weight excluding hydrogens is 554 g/mol. The number of hydrogen-bond donors (Lipinski definition) is 4. The maximum atomic E-state index is 14.3. The summed E-state index contributed by atoms with van der Waals surface area (Å²) in [6.07, 6.45) is -4.60. The van der Waals surface area contributed by atoms with Crippen molar-refractivity contribution < 1.29 is 31.7 Å². The molecule has 0 aliphatic carbocycles. The highest BCUT2D eigenvalue weighted by atomic mass is 32.2. The molecule has 4 rings (SSSR count). The molecule has 0 aliphatic rings. The van der Waals surface area contributed by atoms with Crippen molar-refractivity contribution in [1.82, 2.24) is 25.5 Å². The summed E-state index contributed by atoms with van der Waals surface area (Å²) in [7, 11) is 0.0837. The van der Waals surface area contributed by atoms with Gasteiger partial charge in [-0.05, 0) is 36.2 Å². The molecule has 0 saturated carbocycles. The molecule has 2 aromatic heterocycles. The molecule has 0 fully saturated rings. The lowest BCUT2D eigenvalue weighted by atomic mass is 10.0. The van der Waals surface area contributed by atoms with E-state index in [-0.39, 0.29) is 40.5 Å². The van der Waals surface area contributed by atoms with Crippen LogP contribution in [0.5, 0.6) is 5.75 Å². The van der Waals surface area contributed by atoms with Gasteiger partial charge in [-0.1, -0.05) is 18.2 Å². The van der Waals surface area contributed by atoms with Crippen LogP contribution in [0.4, 0.5) is 29.1 Å². The van der Waals surface area contributed by atoms with E-state index in [1.165, 1.54) is 7.05 Å². The minimum absolute atomic E-state index is 0.00270. The summed E-state index contributed by atoms with van der Waals surface area (Å²) in [6.45, 7) is 2.41. The maximum Gasteiger partial charge on any atom is 0.393 e. The molecule has 4 aromatic rings. The Kier molecular flexibility index (Phi) is 8.23. The SMILES string of the molecule is CCN(c1ccccc1CNc1nc(-c2cc(F)c(O)cc2CC(F)(F)F)nc2n[nH]c(C(=O)NC)c12)S(C)=O. The molecule has 1 amide bonds. The van der Waals surface area contributed by atoms with Crippen molar-refractivity contribution in [2.24, 2.45) is 0 Å². The number of benzene rings is 2. The molecule has 2 heterocycles. The Balaban J connectivity index is 1.87. The van der Waals surface area contributed by atoms with Gasteiger partial charge in [-0.25, -0.2) is 18.6 Å². The number of aromatic hydroxyl groups is 1. The molecule has 1 atom stereocenters. The second kappa shape index (κ2) is 11.5. The quantitative estimate of drug-likeness (QED) is 0.220. The Labute approximate surface area is 228 Å². The summed E-state index contributed by atoms with van der Waals surface area (Å²) in [6, 6.07) is 8.56. The van der Waals surface area contributed by atoms with Gasteiger partial charge in [0, 0.05) is 32.0 Å². The van der Waals surface area contributed by atoms with E-state index in [0.29, 0.717) is 23.9 Å². The molecule has 0 bridgehead atoms. The number of amides is 1. The number of phenols is 1. The molecule has 0 spiro atoms. The third kappa shape index (κ3) is 5.98. The van der Waals surface area contributed by atoms with E-state index in [9.17, 15) is 31.7 Å². The lowest BCUT2D eigenvalue weighted by Crippen LogP contribution is -2.25. The van der Waals surface area contributed by atoms with E-state index in [0.717, 1.165) is 6.07 Å². The fourth-order valence-electron chi connectivity index (χ4n) is 4.21. The zero-order valence-electron chi connectivity index (χ0n) is 21.6. The fourth-order valence-corrected chi connectivity index (χ4v) is 5.03. The molecule has 10 nitrogen and oxygen atoms in total. The summed E-state index contributed by atoms with van der Waals surface area (Å²) in [5.74, 6) is -2.92. The zero-order chi connectivity index (χ0) is 29.2. The van der Waals surface area contributed by atoms with Crippen LogP contribution in [0.3, 0.4) is 0 Å². The first-order valence-electron chi connectivity index (χ1n) is 11.9. The van der Waals surface area contributed by atoms with Crippen LogP contribution in [0.25, 0.3) is 22.4 Å². The van der Waals surface area contributed by atoms with Gasteiger partial charge in [-0.15, -0.1) is 0 Å². The minimum atomic E-state index is -4.67. The lowest BCUT2D eigenvalue weighted by Gasteiger charge is -2.23. The number of phenolic OH excluding ortho intramolecular Hbond substituents is 1. The van der Waals surface area contributed by atoms with Crippen molar-refractivity contribution in [1.29, 1.82) is 0 Å². The average Bonchev–Trinajstić information content (AvgIpc) is 3.33. The van der Waals surface area contributed by atoms with E-state index < -0.39 is 46.6 Å². The van der Waals surface area contributed by atoms with Crippen LogP contribution in [-0.4, -0.2) is 61.4 Å². The van der Waals surface area contributed by atoms with Crippen LogP contribution in [0.15, 0.2) is 36.4 Å². The average molecular weight is 580 g/mol. The van der Waals surface area contributed by atoms with Crippen molar-refractivity contribution in [2.45, 2.75) is 26.1 Å². The molecule has 2 aromatic carbocycles. The van der Waals surface area contributed by atoms with E-state index in [1.807, 2.05) is 6.92 Å². The number of alkyl halides is 3. The topological polar surface area (TPSA) is 136 Å². The van der Waals surface area contributed by atoms with Gasteiger partial charge in [0.15, 0.2) is 23.0 Å². The lowest BCUT2D eigenvalue weighted by molar-refractivity contribution is -0.127. The Hall–Kier alpha value is -4.27. The van der Waals surface area contributed by atoms with Crippen LogP contribution >= 0.6 is 0 Å². The predicted molar refractivity (Wildman–Crippen MR) is 143 cm³/mol. The highest BCUT2D eigenvalue weighted by molar-refractivity contribution is 7.85. The Bertz CT molecular complexity index is 1590. The van der Waals surface area contributed by atoms with Gasteiger partial charge in [0.2, 0.25) is 0 Å². The second-order valence-electron chi connectivity index (χ2n) is 8.63. The Morgan fingerprint density at radius 3 is 2.55 bits per heavy atom. The fraction of sp³-hybridized carbons (Fsp3) is 0.280. The van der Waals surface area contributed by atoms with Gasteiger partial charge >= 0.3 is 6.18 Å². The largest absolute Gasteiger partial charge is 0.505 e. The van der Waals surface area contributed by atoms with Gasteiger partial charge in [0.05, 0.1) is 17.5 Å². The summed E-state index contributed by atoms with van der Waals surface area (Å²) < 4.78 is 68.2. The van der Waals surface area contributed by atoms with Crippen molar-refractivity contribution in [3.63, 3.8) is 0 Å². The van der Waals surface area contributed by atoms with E-state index in [2.05, 4.69) is 30.8 Å². The number of anilines is 2. The molecule has 40 heavy (non-hydrogen) atoms. The molecule has 4 N–H and O–H groups in total. The Morgan fingerprint density at radius 2 is 1.90 bits per heavy atom. The van der Waals surface area contributed by atoms with Crippen molar-refractivity contribution in [3.8, 4) is 17.1 Å². The third-order valence-corrected chi connectivity index (χ3v) is 7.05. The number of nitrogens with one attached hydrogen (secondary N) is 3. The van der Waals surface area contributed by atoms with Gasteiger partial charge in [0.25, 0.3) is 5.91 Å². The molecule has 0 radical (unpaired) electrons. The summed E-state index contributed by atoms with van der Waals surface area (Å²) in [5.41, 5.74) is 0.573. The van der Waals surface area contributed by atoms with Gasteiger partial charge in [-0.3, -0.25) is 14.2 Å². The Morgan fingerprint density at radius 1 is 1.18 bits per heavy atom. The summed E-state index contributed by atoms with van der Waals surface area (Å²) >= 11 is 0. The second-order valence-corrected chi connectivity index (χ2v) is 9.91. The smallest absolute Gasteiger partial charge is 0.393 e. The first-order chi connectivity index (χ1) is 18.9. The monoisotopic (exact) mass is 579 g/mol. The summed E-state index contributed by atoms with van der Waals surface area (Å²) in [4.78, 5) is 21.1. The normalized spacial score (nSPS) is 12.4. The summed E-state index contributed by atoms with van der Waals surface area (Å²) in [5, 5.41) is 22.0. The number of halogens is 4. The number of nitrogens with zero attached hydrogens (tertiary/aromatic N) is 4. The minimum Gasteiger partial charge on any atom is -0.505 e. The van der Waals surface area contributed by atoms with Crippen LogP contribution < -0.4 is 14.9 Å². The maximum absolute atomic E-state index is 14.3. The van der Waals surface area contributed by atoms with Crippen LogP contribution in [0.1, 0.15) is 28.5 Å². The molecule has 0 saturated heterocycles. The molecular formula is C25H25F4N7O3S. The van der Waals surface area contributed by atoms with E-state index >= 15 is 0 Å². The molecule has 212 valence electrons. The zero-order valence-corrected chi connectivity index (χ0v) is 22.4. The third-order valence-electron chi connectivity index (χ3n) is 5.98. The number of rotatable bonds is 9. The molecule has 1 unspecified atom stereocenters. The number of hydrogen-bond acceptors (Lipinski definition) is 7. The number of aromatic amines is 1. The molecule has 0 aliphatic heterocycles. The number of aromatic nitrogens is 4. The van der Waals surface area contributed by atoms with E-state index in [1.54, 1.807) is 34.8 Å². The number of fused-ring (bicyclic) bond motifs is 1. The number of H-pyrrole nitrogens is 1. The predicted octanol–water partition coefficient (Wildman–Crippen LogP) is 4.06. The first kappa shape index (κ1) is 28.7. The molecule has 15 heteroatoms. The van der Waals surface area contributed by atoms with Crippen LogP contribution in [0, 0.1) is 5.82 Å². The standard InChI is InChI=1S/C25H25F4N7O3S/c1-4-36(40(3)39)17-8-6-5-7-13(17)12-31-22-19-20(24(38)30-2)34-35-23(19)33-21(32-22)15-10-16(26)18(37)9-14(15)11-25(27,28)29/h5-10,37H,4,11-12H2,1-3H3,(H,30,38)(H2,31,32,33,34,35). The number of para-hydroxylation sites is 1. The van der Waals surface area contributed by atoms with Crippen molar-refractivity contribution in [3.05, 3.63) is 59.0 Å². The van der Waals surface area contributed by atoms with Crippen LogP contribution in [-0.2, 0) is 24.0 Å². The van der Waals surface area contributed by atoms with Gasteiger partial charge in [0.1, 0.15) is 22.5 Å². The van der Waals surface area contributed by atoms with Crippen LogP contribution in [0.2, 0.25) is 0 Å². The van der Waals surface area contributed by atoms with Gasteiger partial charge < -0.3 is 15.7 Å². The highest BCUT2D eigenvalue weighted by Crippen LogP contribution is 2.35. The van der Waals surface area contributed by atoms with Gasteiger partial charge in [-0.2, -0.15) is 18.3 Å². The van der Waals surface area contributed by atoms with E-state index in [4.69, 9.17) is 0 Å².